The molecule has 4 rings (SSSR count). The molecule has 0 fully saturated rings. The van der Waals surface area contributed by atoms with Crippen molar-refractivity contribution in [3.63, 3.8) is 0 Å². The molecule has 0 aliphatic heterocycles. The molecule has 2 N–H and O–H groups in total. The number of nitriles is 1. The van der Waals surface area contributed by atoms with E-state index in [1.807, 2.05) is 43.3 Å². The Morgan fingerprint density at radius 2 is 1.85 bits per heavy atom. The van der Waals surface area contributed by atoms with Crippen LogP contribution in [0.25, 0.3) is 22.3 Å². The first-order valence-electron chi connectivity index (χ1n) is 8.22. The monoisotopic (exact) mass is 419 g/mol. The molecular weight excluding hydrogens is 406 g/mol. The summed E-state index contributed by atoms with van der Waals surface area (Å²) in [5.74, 6) is 0.260. The molecule has 3 aromatic heterocycles. The molecule has 0 spiro atoms. The highest BCUT2D eigenvalue weighted by atomic mass is 79.9. The molecule has 0 saturated heterocycles. The molecule has 27 heavy (non-hydrogen) atoms. The number of nitrogens with two attached hydrogens (primary N) is 1. The van der Waals surface area contributed by atoms with Crippen LogP contribution in [0.1, 0.15) is 24.2 Å². The summed E-state index contributed by atoms with van der Waals surface area (Å²) in [6.07, 6.45) is 1.73. The summed E-state index contributed by atoms with van der Waals surface area (Å²) in [5, 5.41) is 18.5. The Kier molecular flexibility index (Phi) is 4.30. The third-order valence-corrected chi connectivity index (χ3v) is 5.04. The number of anilines is 1. The van der Waals surface area contributed by atoms with Crippen LogP contribution in [0.5, 0.6) is 0 Å². The number of benzene rings is 1. The summed E-state index contributed by atoms with van der Waals surface area (Å²) in [4.78, 5) is 10.4. The van der Waals surface area contributed by atoms with Crippen LogP contribution in [0, 0.1) is 11.3 Å². The van der Waals surface area contributed by atoms with Crippen molar-refractivity contribution < 1.29 is 0 Å². The topological polar surface area (TPSA) is 106 Å². The van der Waals surface area contributed by atoms with Crippen molar-refractivity contribution in [3.05, 3.63) is 64.4 Å². The first-order chi connectivity index (χ1) is 13.1. The lowest BCUT2D eigenvalue weighted by molar-refractivity contribution is 0.490. The molecule has 1 atom stereocenters. The fraction of sp³-hybridized carbons (Fsp3) is 0.105. The van der Waals surface area contributed by atoms with E-state index in [-0.39, 0.29) is 11.9 Å². The third-order valence-electron chi connectivity index (χ3n) is 4.28. The number of nitrogens with zero attached hydrogens (tertiary/aromatic N) is 6. The normalized spacial score (nSPS) is 12.0. The van der Waals surface area contributed by atoms with Gasteiger partial charge in [0, 0.05) is 11.8 Å². The number of aromatic nitrogens is 5. The van der Waals surface area contributed by atoms with E-state index in [0.717, 1.165) is 5.69 Å². The highest BCUT2D eigenvalue weighted by molar-refractivity contribution is 9.10. The minimum Gasteiger partial charge on any atom is -0.382 e. The summed E-state index contributed by atoms with van der Waals surface area (Å²) in [7, 11) is 0. The quantitative estimate of drug-likeness (QED) is 0.542. The maximum atomic E-state index is 9.39. The Morgan fingerprint density at radius 1 is 1.11 bits per heavy atom. The fourth-order valence-electron chi connectivity index (χ4n) is 2.86. The lowest BCUT2D eigenvalue weighted by Crippen LogP contribution is -2.11. The number of nitrogen functional groups attached to an aromatic ring is 1. The standard InChI is InChI=1S/C19H14BrN7/c1-11(14-8-4-5-9-23-14)27-25-17-15(20)16(24-19(22)18(17)26-27)13-7-3-2-6-12(13)10-21/h2-9,11H,1H3,(H2,22,24). The van der Waals surface area contributed by atoms with Gasteiger partial charge in [0.1, 0.15) is 11.6 Å². The lowest BCUT2D eigenvalue weighted by atomic mass is 10.0. The molecule has 1 aromatic carbocycles. The molecule has 7 nitrogen and oxygen atoms in total. The van der Waals surface area contributed by atoms with Crippen molar-refractivity contribution >= 4 is 32.8 Å². The van der Waals surface area contributed by atoms with Gasteiger partial charge in [0.25, 0.3) is 0 Å². The third kappa shape index (κ3) is 2.92. The average Bonchev–Trinajstić information content (AvgIpc) is 3.17. The van der Waals surface area contributed by atoms with Crippen molar-refractivity contribution in [2.75, 3.05) is 5.73 Å². The Bertz CT molecular complexity index is 1180. The second kappa shape index (κ2) is 6.78. The molecule has 8 heteroatoms. The Labute approximate surface area is 163 Å². The smallest absolute Gasteiger partial charge is 0.156 e. The molecule has 0 aliphatic carbocycles. The largest absolute Gasteiger partial charge is 0.382 e. The molecule has 0 aliphatic rings. The first-order valence-corrected chi connectivity index (χ1v) is 9.01. The van der Waals surface area contributed by atoms with Gasteiger partial charge in [0.15, 0.2) is 11.3 Å². The zero-order valence-electron chi connectivity index (χ0n) is 14.3. The van der Waals surface area contributed by atoms with Crippen LogP contribution in [0.4, 0.5) is 5.82 Å². The Hall–Kier alpha value is -3.31. The van der Waals surface area contributed by atoms with Crippen LogP contribution in [0.2, 0.25) is 0 Å². The van der Waals surface area contributed by atoms with Crippen molar-refractivity contribution in [2.45, 2.75) is 13.0 Å². The van der Waals surface area contributed by atoms with Crippen LogP contribution in [-0.4, -0.2) is 25.0 Å². The summed E-state index contributed by atoms with van der Waals surface area (Å²) in [6, 6.07) is 15.0. The summed E-state index contributed by atoms with van der Waals surface area (Å²) in [5.41, 5.74) is 9.86. The van der Waals surface area contributed by atoms with E-state index in [0.29, 0.717) is 32.3 Å². The molecule has 4 aromatic rings. The van der Waals surface area contributed by atoms with Gasteiger partial charge in [-0.3, -0.25) is 4.98 Å². The SMILES string of the molecule is CC(c1ccccn1)n1nc2c(N)nc(-c3ccccc3C#N)c(Br)c2n1. The minimum absolute atomic E-state index is 0.167. The van der Waals surface area contributed by atoms with Gasteiger partial charge in [0.05, 0.1) is 27.5 Å². The van der Waals surface area contributed by atoms with E-state index in [1.165, 1.54) is 0 Å². The molecule has 0 saturated carbocycles. The minimum atomic E-state index is -0.167. The second-order valence-corrected chi connectivity index (χ2v) is 6.76. The summed E-state index contributed by atoms with van der Waals surface area (Å²) < 4.78 is 0.647. The molecule has 1 unspecified atom stereocenters. The number of hydrogen-bond acceptors (Lipinski definition) is 6. The lowest BCUT2D eigenvalue weighted by Gasteiger charge is -2.08. The summed E-state index contributed by atoms with van der Waals surface area (Å²) >= 11 is 3.58. The van der Waals surface area contributed by atoms with E-state index in [9.17, 15) is 5.26 Å². The maximum absolute atomic E-state index is 9.39. The zero-order chi connectivity index (χ0) is 19.0. The molecule has 0 bridgehead atoms. The van der Waals surface area contributed by atoms with Gasteiger partial charge in [-0.05, 0) is 41.1 Å². The maximum Gasteiger partial charge on any atom is 0.156 e. The molecule has 3 heterocycles. The summed E-state index contributed by atoms with van der Waals surface area (Å²) in [6.45, 7) is 1.96. The van der Waals surface area contributed by atoms with Gasteiger partial charge < -0.3 is 5.73 Å². The zero-order valence-corrected chi connectivity index (χ0v) is 15.9. The van der Waals surface area contributed by atoms with Gasteiger partial charge in [0.2, 0.25) is 0 Å². The van der Waals surface area contributed by atoms with Crippen molar-refractivity contribution in [3.8, 4) is 17.3 Å². The molecule has 132 valence electrons. The van der Waals surface area contributed by atoms with Gasteiger partial charge in [-0.2, -0.15) is 15.2 Å². The van der Waals surface area contributed by atoms with Gasteiger partial charge in [-0.15, -0.1) is 5.10 Å². The van der Waals surface area contributed by atoms with E-state index < -0.39 is 0 Å². The van der Waals surface area contributed by atoms with E-state index in [1.54, 1.807) is 17.1 Å². The Morgan fingerprint density at radius 3 is 2.59 bits per heavy atom. The van der Waals surface area contributed by atoms with Crippen LogP contribution in [-0.2, 0) is 0 Å². The van der Waals surface area contributed by atoms with Gasteiger partial charge in [-0.1, -0.05) is 24.3 Å². The average molecular weight is 420 g/mol. The van der Waals surface area contributed by atoms with Gasteiger partial charge in [-0.25, -0.2) is 4.98 Å². The number of halogens is 1. The van der Waals surface area contributed by atoms with Crippen molar-refractivity contribution in [2.24, 2.45) is 0 Å². The number of rotatable bonds is 3. The number of fused-ring (bicyclic) bond motifs is 1. The van der Waals surface area contributed by atoms with Crippen molar-refractivity contribution in [1.82, 2.24) is 25.0 Å². The first kappa shape index (κ1) is 17.1. The van der Waals surface area contributed by atoms with Gasteiger partial charge >= 0.3 is 0 Å². The fourth-order valence-corrected chi connectivity index (χ4v) is 3.43. The highest BCUT2D eigenvalue weighted by Crippen LogP contribution is 2.35. The van der Waals surface area contributed by atoms with Crippen LogP contribution >= 0.6 is 15.9 Å². The van der Waals surface area contributed by atoms with E-state index in [2.05, 4.69) is 42.2 Å². The van der Waals surface area contributed by atoms with E-state index >= 15 is 0 Å². The number of hydrogen-bond donors (Lipinski definition) is 1. The molecule has 0 radical (unpaired) electrons. The van der Waals surface area contributed by atoms with Crippen LogP contribution < -0.4 is 5.73 Å². The Balaban J connectivity index is 1.89. The number of pyridine rings is 2. The molecule has 0 amide bonds. The predicted octanol–water partition coefficient (Wildman–Crippen LogP) is 3.71. The molecular formula is C19H14BrN7. The second-order valence-electron chi connectivity index (χ2n) is 5.97. The van der Waals surface area contributed by atoms with Crippen LogP contribution in [0.15, 0.2) is 53.1 Å². The van der Waals surface area contributed by atoms with Crippen LogP contribution in [0.3, 0.4) is 0 Å². The predicted molar refractivity (Wildman–Crippen MR) is 106 cm³/mol. The van der Waals surface area contributed by atoms with Crippen molar-refractivity contribution in [1.29, 1.82) is 5.26 Å². The van der Waals surface area contributed by atoms with E-state index in [4.69, 9.17) is 5.73 Å². The highest BCUT2D eigenvalue weighted by Gasteiger charge is 2.21.